The topological polar surface area (TPSA) is 92.3 Å². The largest absolute Gasteiger partial charge is 0.279 e. The van der Waals surface area contributed by atoms with E-state index in [1.54, 1.807) is 25.1 Å². The molecular formula is C14H15BrN2O4S2. The van der Waals surface area contributed by atoms with Gasteiger partial charge in [0.2, 0.25) is 10.0 Å². The average molecular weight is 419 g/mol. The predicted molar refractivity (Wildman–Crippen MR) is 92.4 cm³/mol. The molecule has 0 aromatic heterocycles. The lowest BCUT2D eigenvalue weighted by Gasteiger charge is -2.11. The number of hydrogen-bond donors (Lipinski definition) is 2. The van der Waals surface area contributed by atoms with Gasteiger partial charge in [0.05, 0.1) is 15.5 Å². The van der Waals surface area contributed by atoms with E-state index in [1.807, 2.05) is 0 Å². The molecule has 9 heteroatoms. The molecular weight excluding hydrogens is 404 g/mol. The van der Waals surface area contributed by atoms with Gasteiger partial charge in [0.1, 0.15) is 0 Å². The molecule has 6 nitrogen and oxygen atoms in total. The van der Waals surface area contributed by atoms with Crippen LogP contribution in [-0.4, -0.2) is 23.9 Å². The molecule has 2 rings (SSSR count). The Bertz CT molecular complexity index is 924. The fourth-order valence-corrected chi connectivity index (χ4v) is 4.20. The number of sulfonamides is 2. The molecule has 124 valence electrons. The predicted octanol–water partition coefficient (Wildman–Crippen LogP) is 2.47. The molecule has 0 heterocycles. The van der Waals surface area contributed by atoms with Gasteiger partial charge in [-0.15, -0.1) is 0 Å². The van der Waals surface area contributed by atoms with E-state index < -0.39 is 20.0 Å². The fourth-order valence-electron chi connectivity index (χ4n) is 1.86. The molecule has 0 bridgehead atoms. The number of rotatable bonds is 5. The van der Waals surface area contributed by atoms with E-state index in [1.165, 1.54) is 31.3 Å². The van der Waals surface area contributed by atoms with Crippen LogP contribution < -0.4 is 9.44 Å². The number of nitrogens with one attached hydrogen (secondary N) is 2. The summed E-state index contributed by atoms with van der Waals surface area (Å²) in [4.78, 5) is -0.0198. The first-order valence-electron chi connectivity index (χ1n) is 6.48. The Hall–Kier alpha value is -1.42. The van der Waals surface area contributed by atoms with Crippen molar-refractivity contribution in [2.24, 2.45) is 0 Å². The van der Waals surface area contributed by atoms with Crippen molar-refractivity contribution in [3.63, 3.8) is 0 Å². The quantitative estimate of drug-likeness (QED) is 0.779. The summed E-state index contributed by atoms with van der Waals surface area (Å²) >= 11 is 3.31. The van der Waals surface area contributed by atoms with E-state index in [0.717, 1.165) is 10.0 Å². The molecule has 2 N–H and O–H groups in total. The van der Waals surface area contributed by atoms with Crippen LogP contribution in [0.2, 0.25) is 0 Å². The third kappa shape index (κ3) is 4.11. The van der Waals surface area contributed by atoms with Gasteiger partial charge < -0.3 is 0 Å². The molecule has 0 spiro atoms. The highest BCUT2D eigenvalue weighted by Gasteiger charge is 2.17. The second-order valence-corrected chi connectivity index (χ2v) is 9.23. The van der Waals surface area contributed by atoms with Crippen molar-refractivity contribution in [3.8, 4) is 0 Å². The number of halogens is 1. The lowest BCUT2D eigenvalue weighted by Crippen LogP contribution is -2.19. The molecule has 0 unspecified atom stereocenters. The highest BCUT2D eigenvalue weighted by Crippen LogP contribution is 2.23. The minimum absolute atomic E-state index is 0.00114. The lowest BCUT2D eigenvalue weighted by atomic mass is 10.2. The maximum Gasteiger partial charge on any atom is 0.261 e. The van der Waals surface area contributed by atoms with Gasteiger partial charge in [-0.1, -0.05) is 15.9 Å². The monoisotopic (exact) mass is 418 g/mol. The minimum atomic E-state index is -3.80. The Morgan fingerprint density at radius 2 is 1.39 bits per heavy atom. The summed E-state index contributed by atoms with van der Waals surface area (Å²) in [5.74, 6) is 0. The highest BCUT2D eigenvalue weighted by atomic mass is 79.9. The van der Waals surface area contributed by atoms with E-state index in [0.29, 0.717) is 5.69 Å². The molecule has 0 fully saturated rings. The van der Waals surface area contributed by atoms with Crippen molar-refractivity contribution >= 4 is 41.7 Å². The standard InChI is InChI=1S/C14H15BrN2O4S2/c1-10-9-11(15)3-8-14(10)17-23(20,21)13-6-4-12(5-7-13)22(18,19)16-2/h3-9,16-17H,1-2H3. The van der Waals surface area contributed by atoms with Crippen LogP contribution in [0.25, 0.3) is 0 Å². The summed E-state index contributed by atoms with van der Waals surface area (Å²) in [7, 11) is -6.11. The molecule has 0 aliphatic carbocycles. The van der Waals surface area contributed by atoms with E-state index in [4.69, 9.17) is 0 Å². The zero-order valence-corrected chi connectivity index (χ0v) is 15.6. The molecule has 23 heavy (non-hydrogen) atoms. The van der Waals surface area contributed by atoms with Crippen LogP contribution in [-0.2, 0) is 20.0 Å². The van der Waals surface area contributed by atoms with Crippen molar-refractivity contribution < 1.29 is 16.8 Å². The Labute approximate surface area is 144 Å². The third-order valence-corrected chi connectivity index (χ3v) is 6.45. The summed E-state index contributed by atoms with van der Waals surface area (Å²) in [6, 6.07) is 10.2. The third-order valence-electron chi connectivity index (χ3n) is 3.15. The van der Waals surface area contributed by atoms with E-state index >= 15 is 0 Å². The first kappa shape index (κ1) is 17.9. The van der Waals surface area contributed by atoms with Crippen molar-refractivity contribution in [2.75, 3.05) is 11.8 Å². The van der Waals surface area contributed by atoms with Gasteiger partial charge in [0.25, 0.3) is 10.0 Å². The summed E-state index contributed by atoms with van der Waals surface area (Å²) in [5.41, 5.74) is 1.22. The van der Waals surface area contributed by atoms with Crippen LogP contribution in [0.4, 0.5) is 5.69 Å². The van der Waals surface area contributed by atoms with Crippen LogP contribution in [0.15, 0.2) is 56.7 Å². The summed E-state index contributed by atoms with van der Waals surface area (Å²) in [5, 5.41) is 0. The Kier molecular flexibility index (Phi) is 5.14. The number of aryl methyl sites for hydroxylation is 1. The molecule has 0 saturated carbocycles. The summed E-state index contributed by atoms with van der Waals surface area (Å²) < 4.78 is 53.6. The van der Waals surface area contributed by atoms with Gasteiger partial charge in [-0.2, -0.15) is 0 Å². The SMILES string of the molecule is CNS(=O)(=O)c1ccc(S(=O)(=O)Nc2ccc(Br)cc2C)cc1. The zero-order valence-electron chi connectivity index (χ0n) is 12.4. The molecule has 0 amide bonds. The highest BCUT2D eigenvalue weighted by molar-refractivity contribution is 9.10. The van der Waals surface area contributed by atoms with Crippen LogP contribution in [0.5, 0.6) is 0 Å². The van der Waals surface area contributed by atoms with Crippen LogP contribution in [0, 0.1) is 6.92 Å². The van der Waals surface area contributed by atoms with Crippen molar-refractivity contribution in [1.29, 1.82) is 0 Å². The molecule has 2 aromatic carbocycles. The second kappa shape index (κ2) is 6.60. The lowest BCUT2D eigenvalue weighted by molar-refractivity contribution is 0.587. The number of hydrogen-bond acceptors (Lipinski definition) is 4. The van der Waals surface area contributed by atoms with Crippen LogP contribution in [0.1, 0.15) is 5.56 Å². The van der Waals surface area contributed by atoms with Crippen molar-refractivity contribution in [2.45, 2.75) is 16.7 Å². The van der Waals surface area contributed by atoms with E-state index in [9.17, 15) is 16.8 Å². The molecule has 0 radical (unpaired) electrons. The zero-order chi connectivity index (χ0) is 17.3. The van der Waals surface area contributed by atoms with Crippen molar-refractivity contribution in [1.82, 2.24) is 4.72 Å². The summed E-state index contributed by atoms with van der Waals surface area (Å²) in [6.45, 7) is 1.78. The van der Waals surface area contributed by atoms with Crippen LogP contribution in [0.3, 0.4) is 0 Å². The average Bonchev–Trinajstić information content (AvgIpc) is 2.50. The van der Waals surface area contributed by atoms with Gasteiger partial charge >= 0.3 is 0 Å². The number of anilines is 1. The van der Waals surface area contributed by atoms with E-state index in [2.05, 4.69) is 25.4 Å². The summed E-state index contributed by atoms with van der Waals surface area (Å²) in [6.07, 6.45) is 0. The Morgan fingerprint density at radius 1 is 0.870 bits per heavy atom. The minimum Gasteiger partial charge on any atom is -0.279 e. The normalized spacial score (nSPS) is 12.1. The van der Waals surface area contributed by atoms with Gasteiger partial charge in [-0.3, -0.25) is 4.72 Å². The van der Waals surface area contributed by atoms with Crippen molar-refractivity contribution in [3.05, 3.63) is 52.5 Å². The van der Waals surface area contributed by atoms with Gasteiger partial charge in [-0.05, 0) is 62.0 Å². The molecule has 0 aliphatic rings. The van der Waals surface area contributed by atoms with Crippen LogP contribution >= 0.6 is 15.9 Å². The second-order valence-electron chi connectivity index (χ2n) is 4.74. The molecule has 0 atom stereocenters. The van der Waals surface area contributed by atoms with Gasteiger partial charge in [0.15, 0.2) is 0 Å². The molecule has 2 aromatic rings. The first-order chi connectivity index (χ1) is 10.7. The van der Waals surface area contributed by atoms with Gasteiger partial charge in [0, 0.05) is 4.47 Å². The molecule has 0 aliphatic heterocycles. The number of benzene rings is 2. The van der Waals surface area contributed by atoms with Gasteiger partial charge in [-0.25, -0.2) is 21.6 Å². The first-order valence-corrected chi connectivity index (χ1v) is 10.2. The fraction of sp³-hybridized carbons (Fsp3) is 0.143. The Morgan fingerprint density at radius 3 is 1.87 bits per heavy atom. The maximum atomic E-state index is 12.4. The maximum absolute atomic E-state index is 12.4. The van der Waals surface area contributed by atoms with E-state index in [-0.39, 0.29) is 9.79 Å². The smallest absolute Gasteiger partial charge is 0.261 e. The Balaban J connectivity index is 2.33. The molecule has 0 saturated heterocycles.